The Balaban J connectivity index is 1.51. The zero-order valence-corrected chi connectivity index (χ0v) is 14.9. The van der Waals surface area contributed by atoms with Gasteiger partial charge in [-0.15, -0.1) is 0 Å². The normalized spacial score (nSPS) is 21.3. The van der Waals surface area contributed by atoms with Crippen LogP contribution in [0.25, 0.3) is 0 Å². The van der Waals surface area contributed by atoms with Gasteiger partial charge in [0.05, 0.1) is 19.8 Å². The fraction of sp³-hybridized carbons (Fsp3) is 0.579. The number of morpholine rings is 1. The molecule has 0 aliphatic carbocycles. The molecule has 136 valence electrons. The second kappa shape index (κ2) is 8.45. The largest absolute Gasteiger partial charge is 0.379 e. The highest BCUT2D eigenvalue weighted by molar-refractivity contribution is 5.97. The van der Waals surface area contributed by atoms with E-state index in [1.54, 1.807) is 6.07 Å². The van der Waals surface area contributed by atoms with Gasteiger partial charge in [0.2, 0.25) is 5.91 Å². The summed E-state index contributed by atoms with van der Waals surface area (Å²) in [6.07, 6.45) is 2.07. The van der Waals surface area contributed by atoms with Crippen LogP contribution in [-0.4, -0.2) is 73.6 Å². The Bertz CT molecular complexity index is 614. The number of nitrogens with zero attached hydrogens (tertiary/aromatic N) is 2. The fourth-order valence-electron chi connectivity index (χ4n) is 3.62. The van der Waals surface area contributed by atoms with Gasteiger partial charge in [-0.1, -0.05) is 18.2 Å². The Morgan fingerprint density at radius 2 is 1.96 bits per heavy atom. The summed E-state index contributed by atoms with van der Waals surface area (Å²) in [6, 6.07) is 7.67. The molecule has 6 nitrogen and oxygen atoms in total. The van der Waals surface area contributed by atoms with Gasteiger partial charge in [0.15, 0.2) is 0 Å². The molecule has 0 spiro atoms. The van der Waals surface area contributed by atoms with E-state index in [0.29, 0.717) is 5.56 Å². The van der Waals surface area contributed by atoms with E-state index in [2.05, 4.69) is 10.2 Å². The first-order valence-corrected chi connectivity index (χ1v) is 9.08. The lowest BCUT2D eigenvalue weighted by Crippen LogP contribution is -2.49. The number of rotatable bonds is 5. The van der Waals surface area contributed by atoms with Gasteiger partial charge >= 0.3 is 0 Å². The van der Waals surface area contributed by atoms with Gasteiger partial charge in [-0.2, -0.15) is 0 Å². The smallest absolute Gasteiger partial charge is 0.251 e. The van der Waals surface area contributed by atoms with Crippen LogP contribution >= 0.6 is 0 Å². The minimum absolute atomic E-state index is 0.0118. The van der Waals surface area contributed by atoms with Gasteiger partial charge < -0.3 is 15.0 Å². The predicted molar refractivity (Wildman–Crippen MR) is 95.5 cm³/mol. The average molecular weight is 345 g/mol. The molecule has 0 aromatic heterocycles. The molecule has 1 unspecified atom stereocenters. The van der Waals surface area contributed by atoms with E-state index in [9.17, 15) is 9.59 Å². The summed E-state index contributed by atoms with van der Waals surface area (Å²) in [5, 5.41) is 2.78. The molecule has 1 aromatic rings. The van der Waals surface area contributed by atoms with Gasteiger partial charge in [-0.25, -0.2) is 0 Å². The van der Waals surface area contributed by atoms with Crippen LogP contribution in [0.2, 0.25) is 0 Å². The van der Waals surface area contributed by atoms with Crippen LogP contribution in [0.15, 0.2) is 24.3 Å². The van der Waals surface area contributed by atoms with E-state index in [1.807, 2.05) is 30.0 Å². The summed E-state index contributed by atoms with van der Waals surface area (Å²) >= 11 is 0. The minimum atomic E-state index is -0.185. The van der Waals surface area contributed by atoms with Crippen molar-refractivity contribution < 1.29 is 14.3 Å². The van der Waals surface area contributed by atoms with Crippen LogP contribution < -0.4 is 5.32 Å². The maximum absolute atomic E-state index is 12.6. The number of nitrogens with one attached hydrogen (secondary N) is 1. The van der Waals surface area contributed by atoms with Gasteiger partial charge in [0, 0.05) is 37.8 Å². The van der Waals surface area contributed by atoms with Crippen molar-refractivity contribution in [2.24, 2.45) is 0 Å². The molecule has 1 atom stereocenters. The highest BCUT2D eigenvalue weighted by Crippen LogP contribution is 2.19. The highest BCUT2D eigenvalue weighted by Gasteiger charge is 2.30. The van der Waals surface area contributed by atoms with Crippen molar-refractivity contribution in [3.63, 3.8) is 0 Å². The quantitative estimate of drug-likeness (QED) is 0.866. The molecule has 0 saturated carbocycles. The topological polar surface area (TPSA) is 61.9 Å². The molecular formula is C19H27N3O3. The molecular weight excluding hydrogens is 318 g/mol. The van der Waals surface area contributed by atoms with Crippen molar-refractivity contribution in [2.45, 2.75) is 25.8 Å². The third-order valence-corrected chi connectivity index (χ3v) is 5.06. The van der Waals surface area contributed by atoms with Crippen LogP contribution in [0.4, 0.5) is 0 Å². The molecule has 2 amide bonds. The maximum atomic E-state index is 12.6. The van der Waals surface area contributed by atoms with Crippen molar-refractivity contribution in [2.75, 3.05) is 45.9 Å². The molecule has 2 fully saturated rings. The predicted octanol–water partition coefficient (Wildman–Crippen LogP) is 1.05. The SMILES string of the molecule is Cc1ccccc1C(=O)NCC(=O)N1CCCC1CN1CCOCC1. The summed E-state index contributed by atoms with van der Waals surface area (Å²) < 4.78 is 5.39. The number of amides is 2. The van der Waals surface area contributed by atoms with Crippen LogP contribution in [0.3, 0.4) is 0 Å². The summed E-state index contributed by atoms with van der Waals surface area (Å²) in [4.78, 5) is 29.2. The molecule has 2 saturated heterocycles. The fourth-order valence-corrected chi connectivity index (χ4v) is 3.62. The maximum Gasteiger partial charge on any atom is 0.251 e. The first-order chi connectivity index (χ1) is 12.1. The van der Waals surface area contributed by atoms with E-state index < -0.39 is 0 Å². The lowest BCUT2D eigenvalue weighted by molar-refractivity contribution is -0.131. The molecule has 0 radical (unpaired) electrons. The van der Waals surface area contributed by atoms with Crippen molar-refractivity contribution >= 4 is 11.8 Å². The van der Waals surface area contributed by atoms with Crippen LogP contribution in [0, 0.1) is 6.92 Å². The van der Waals surface area contributed by atoms with E-state index in [-0.39, 0.29) is 24.4 Å². The number of carbonyl (C=O) groups excluding carboxylic acids is 2. The van der Waals surface area contributed by atoms with Crippen molar-refractivity contribution in [3.05, 3.63) is 35.4 Å². The first-order valence-electron chi connectivity index (χ1n) is 9.08. The number of carbonyl (C=O) groups is 2. The molecule has 6 heteroatoms. The molecule has 3 rings (SSSR count). The summed E-state index contributed by atoms with van der Waals surface area (Å²) in [5.41, 5.74) is 1.54. The zero-order valence-electron chi connectivity index (χ0n) is 14.9. The summed E-state index contributed by atoms with van der Waals surface area (Å²) in [7, 11) is 0. The molecule has 0 bridgehead atoms. The number of hydrogen-bond donors (Lipinski definition) is 1. The Morgan fingerprint density at radius 3 is 2.72 bits per heavy atom. The summed E-state index contributed by atoms with van der Waals surface area (Å²) in [6.45, 7) is 7.06. The Labute approximate surface area is 149 Å². The number of likely N-dealkylation sites (tertiary alicyclic amines) is 1. The summed E-state index contributed by atoms with van der Waals surface area (Å²) in [5.74, 6) is -0.173. The third-order valence-electron chi connectivity index (χ3n) is 5.06. The second-order valence-corrected chi connectivity index (χ2v) is 6.79. The lowest BCUT2D eigenvalue weighted by atomic mass is 10.1. The van der Waals surface area contributed by atoms with Gasteiger partial charge in [-0.3, -0.25) is 14.5 Å². The minimum Gasteiger partial charge on any atom is -0.379 e. The van der Waals surface area contributed by atoms with E-state index in [4.69, 9.17) is 4.74 Å². The Morgan fingerprint density at radius 1 is 1.20 bits per heavy atom. The molecule has 25 heavy (non-hydrogen) atoms. The van der Waals surface area contributed by atoms with E-state index in [0.717, 1.165) is 57.8 Å². The lowest BCUT2D eigenvalue weighted by Gasteiger charge is -2.33. The van der Waals surface area contributed by atoms with Crippen molar-refractivity contribution in [1.29, 1.82) is 0 Å². The molecule has 1 aromatic carbocycles. The van der Waals surface area contributed by atoms with E-state index in [1.165, 1.54) is 0 Å². The Kier molecular flexibility index (Phi) is 6.04. The van der Waals surface area contributed by atoms with Crippen molar-refractivity contribution in [3.8, 4) is 0 Å². The molecule has 2 aliphatic rings. The van der Waals surface area contributed by atoms with Gasteiger partial charge in [0.25, 0.3) is 5.91 Å². The monoisotopic (exact) mass is 345 g/mol. The molecule has 2 aliphatic heterocycles. The Hall–Kier alpha value is -1.92. The van der Waals surface area contributed by atoms with Crippen LogP contribution in [-0.2, 0) is 9.53 Å². The first kappa shape index (κ1) is 17.9. The highest BCUT2D eigenvalue weighted by atomic mass is 16.5. The van der Waals surface area contributed by atoms with Crippen LogP contribution in [0.5, 0.6) is 0 Å². The van der Waals surface area contributed by atoms with E-state index >= 15 is 0 Å². The standard InChI is InChI=1S/C19H27N3O3/c1-15-5-2-3-7-17(15)19(24)20-13-18(23)22-8-4-6-16(22)14-21-9-11-25-12-10-21/h2-3,5,7,16H,4,6,8-14H2,1H3,(H,20,24). The van der Waals surface area contributed by atoms with Gasteiger partial charge in [-0.05, 0) is 31.4 Å². The van der Waals surface area contributed by atoms with Crippen LogP contribution in [0.1, 0.15) is 28.8 Å². The zero-order chi connectivity index (χ0) is 17.6. The van der Waals surface area contributed by atoms with Gasteiger partial charge in [0.1, 0.15) is 0 Å². The molecule has 2 heterocycles. The number of benzene rings is 1. The second-order valence-electron chi connectivity index (χ2n) is 6.79. The average Bonchev–Trinajstić information content (AvgIpc) is 3.09. The third kappa shape index (κ3) is 4.58. The van der Waals surface area contributed by atoms with Crippen molar-refractivity contribution in [1.82, 2.24) is 15.1 Å². The number of ether oxygens (including phenoxy) is 1. The molecule has 1 N–H and O–H groups in total. The number of hydrogen-bond acceptors (Lipinski definition) is 4. The number of aryl methyl sites for hydroxylation is 1.